The summed E-state index contributed by atoms with van der Waals surface area (Å²) in [4.78, 5) is 11.7. The van der Waals surface area contributed by atoms with E-state index >= 15 is 0 Å². The van der Waals surface area contributed by atoms with Gasteiger partial charge in [0.15, 0.2) is 5.78 Å². The molecule has 1 aliphatic rings. The molecule has 2 rings (SSSR count). The lowest BCUT2D eigenvalue weighted by Gasteiger charge is -2.22. The first-order valence-corrected chi connectivity index (χ1v) is 6.24. The van der Waals surface area contributed by atoms with Crippen molar-refractivity contribution in [3.8, 4) is 0 Å². The number of benzene rings is 1. The van der Waals surface area contributed by atoms with Crippen molar-refractivity contribution < 1.29 is 18.7 Å². The van der Waals surface area contributed by atoms with E-state index in [0.717, 1.165) is 25.9 Å². The molecular weight excluding hydrogens is 235 g/mol. The quantitative estimate of drug-likeness (QED) is 0.756. The Balaban J connectivity index is 1.72. The Labute approximate surface area is 106 Å². The van der Waals surface area contributed by atoms with E-state index in [4.69, 9.17) is 9.47 Å². The number of hydrogen-bond donors (Lipinski definition) is 0. The topological polar surface area (TPSA) is 35.5 Å². The molecule has 1 saturated heterocycles. The summed E-state index contributed by atoms with van der Waals surface area (Å²) >= 11 is 0. The van der Waals surface area contributed by atoms with Crippen LogP contribution in [0.2, 0.25) is 0 Å². The molecule has 1 fully saturated rings. The Bertz CT molecular complexity index is 383. The highest BCUT2D eigenvalue weighted by Crippen LogP contribution is 2.13. The number of ketones is 1. The second kappa shape index (κ2) is 6.61. The number of carbonyl (C=O) groups is 1. The minimum absolute atomic E-state index is 0.0193. The summed E-state index contributed by atoms with van der Waals surface area (Å²) < 4.78 is 23.5. The second-order valence-corrected chi connectivity index (χ2v) is 4.43. The van der Waals surface area contributed by atoms with Crippen LogP contribution in [0.3, 0.4) is 0 Å². The maximum absolute atomic E-state index is 12.7. The summed E-state index contributed by atoms with van der Waals surface area (Å²) in [5.41, 5.74) is 0.473. The summed E-state index contributed by atoms with van der Waals surface area (Å²) in [5.74, 6) is -0.478. The van der Waals surface area contributed by atoms with Crippen LogP contribution in [0.15, 0.2) is 24.3 Å². The maximum atomic E-state index is 12.7. The van der Waals surface area contributed by atoms with Crippen molar-refractivity contribution in [1.29, 1.82) is 0 Å². The van der Waals surface area contributed by atoms with Gasteiger partial charge in [0.1, 0.15) is 12.4 Å². The van der Waals surface area contributed by atoms with Crippen molar-refractivity contribution in [2.75, 3.05) is 19.8 Å². The van der Waals surface area contributed by atoms with Crippen LogP contribution >= 0.6 is 0 Å². The molecule has 0 bridgehead atoms. The molecule has 0 saturated carbocycles. The summed E-state index contributed by atoms with van der Waals surface area (Å²) in [5, 5.41) is 0. The number of Topliss-reactive ketones (excluding diaryl/α,β-unsaturated/α-hetero) is 1. The van der Waals surface area contributed by atoms with Crippen molar-refractivity contribution in [3.63, 3.8) is 0 Å². The molecule has 18 heavy (non-hydrogen) atoms. The van der Waals surface area contributed by atoms with Gasteiger partial charge in [-0.05, 0) is 43.5 Å². The molecular formula is C14H17FO3. The van der Waals surface area contributed by atoms with Crippen LogP contribution in [-0.4, -0.2) is 31.7 Å². The molecule has 1 atom stereocenters. The van der Waals surface area contributed by atoms with E-state index in [-0.39, 0.29) is 24.3 Å². The average molecular weight is 252 g/mol. The van der Waals surface area contributed by atoms with E-state index in [1.165, 1.54) is 24.3 Å². The summed E-state index contributed by atoms with van der Waals surface area (Å²) in [6.45, 7) is 1.25. The minimum atomic E-state index is -0.344. The highest BCUT2D eigenvalue weighted by atomic mass is 19.1. The maximum Gasteiger partial charge on any atom is 0.188 e. The lowest BCUT2D eigenvalue weighted by molar-refractivity contribution is -0.0370. The zero-order valence-corrected chi connectivity index (χ0v) is 10.2. The van der Waals surface area contributed by atoms with Crippen LogP contribution in [0, 0.1) is 5.82 Å². The van der Waals surface area contributed by atoms with E-state index in [1.54, 1.807) is 0 Å². The van der Waals surface area contributed by atoms with E-state index in [1.807, 2.05) is 0 Å². The smallest absolute Gasteiger partial charge is 0.188 e. The van der Waals surface area contributed by atoms with Crippen LogP contribution in [-0.2, 0) is 9.47 Å². The van der Waals surface area contributed by atoms with E-state index in [2.05, 4.69) is 0 Å². The molecule has 1 heterocycles. The van der Waals surface area contributed by atoms with Gasteiger partial charge in [-0.3, -0.25) is 4.79 Å². The number of rotatable bonds is 5. The lowest BCUT2D eigenvalue weighted by atomic mass is 10.1. The van der Waals surface area contributed by atoms with Gasteiger partial charge in [-0.25, -0.2) is 4.39 Å². The molecule has 0 aromatic heterocycles. The van der Waals surface area contributed by atoms with Crippen molar-refractivity contribution in [3.05, 3.63) is 35.6 Å². The van der Waals surface area contributed by atoms with Gasteiger partial charge in [0.25, 0.3) is 0 Å². The molecule has 0 aliphatic carbocycles. The molecule has 1 unspecified atom stereocenters. The van der Waals surface area contributed by atoms with Gasteiger partial charge in [-0.2, -0.15) is 0 Å². The van der Waals surface area contributed by atoms with E-state index in [9.17, 15) is 9.18 Å². The van der Waals surface area contributed by atoms with Gasteiger partial charge in [0, 0.05) is 12.2 Å². The van der Waals surface area contributed by atoms with Crippen LogP contribution in [0.25, 0.3) is 0 Å². The fourth-order valence-electron chi connectivity index (χ4n) is 1.94. The number of carbonyl (C=O) groups excluding carboxylic acids is 1. The standard InChI is InChI=1S/C14H17FO3/c15-12-6-4-11(5-7-12)14(16)10-17-9-13-3-1-2-8-18-13/h4-7,13H,1-3,8-10H2. The van der Waals surface area contributed by atoms with Crippen LogP contribution in [0.1, 0.15) is 29.6 Å². The van der Waals surface area contributed by atoms with Gasteiger partial charge in [0.2, 0.25) is 0 Å². The molecule has 0 spiro atoms. The Morgan fingerprint density at radius 3 is 2.78 bits per heavy atom. The van der Waals surface area contributed by atoms with Crippen molar-refractivity contribution in [1.82, 2.24) is 0 Å². The highest BCUT2D eigenvalue weighted by molar-refractivity contribution is 5.97. The Morgan fingerprint density at radius 1 is 1.33 bits per heavy atom. The van der Waals surface area contributed by atoms with Gasteiger partial charge in [-0.15, -0.1) is 0 Å². The molecule has 98 valence electrons. The predicted octanol–water partition coefficient (Wildman–Crippen LogP) is 2.59. The molecule has 1 aliphatic heterocycles. The van der Waals surface area contributed by atoms with Crippen molar-refractivity contribution >= 4 is 5.78 Å². The third-order valence-corrected chi connectivity index (χ3v) is 2.98. The highest BCUT2D eigenvalue weighted by Gasteiger charge is 2.14. The van der Waals surface area contributed by atoms with Crippen LogP contribution < -0.4 is 0 Å². The first-order chi connectivity index (χ1) is 8.75. The van der Waals surface area contributed by atoms with Gasteiger partial charge in [0.05, 0.1) is 12.7 Å². The third-order valence-electron chi connectivity index (χ3n) is 2.98. The number of halogens is 1. The Morgan fingerprint density at radius 2 is 2.11 bits per heavy atom. The summed E-state index contributed by atoms with van der Waals surface area (Å²) in [6.07, 6.45) is 3.36. The van der Waals surface area contributed by atoms with Gasteiger partial charge >= 0.3 is 0 Å². The molecule has 4 heteroatoms. The van der Waals surface area contributed by atoms with E-state index < -0.39 is 0 Å². The fourth-order valence-corrected chi connectivity index (χ4v) is 1.94. The molecule has 1 aromatic carbocycles. The molecule has 1 aromatic rings. The third kappa shape index (κ3) is 3.89. The molecule has 0 radical (unpaired) electrons. The fraction of sp³-hybridized carbons (Fsp3) is 0.500. The van der Waals surface area contributed by atoms with Crippen LogP contribution in [0.5, 0.6) is 0 Å². The zero-order chi connectivity index (χ0) is 12.8. The predicted molar refractivity (Wildman–Crippen MR) is 65.1 cm³/mol. The zero-order valence-electron chi connectivity index (χ0n) is 10.2. The van der Waals surface area contributed by atoms with Crippen molar-refractivity contribution in [2.24, 2.45) is 0 Å². The van der Waals surface area contributed by atoms with Crippen molar-refractivity contribution in [2.45, 2.75) is 25.4 Å². The lowest BCUT2D eigenvalue weighted by Crippen LogP contribution is -2.25. The molecule has 0 amide bonds. The minimum Gasteiger partial charge on any atom is -0.376 e. The van der Waals surface area contributed by atoms with Gasteiger partial charge < -0.3 is 9.47 Å². The first-order valence-electron chi connectivity index (χ1n) is 6.24. The monoisotopic (exact) mass is 252 g/mol. The summed E-state index contributed by atoms with van der Waals surface area (Å²) in [6, 6.07) is 5.49. The number of hydrogen-bond acceptors (Lipinski definition) is 3. The SMILES string of the molecule is O=C(COCC1CCCCO1)c1ccc(F)cc1. The average Bonchev–Trinajstić information content (AvgIpc) is 2.40. The molecule has 0 N–H and O–H groups in total. The normalized spacial score (nSPS) is 19.7. The summed E-state index contributed by atoms with van der Waals surface area (Å²) in [7, 11) is 0. The second-order valence-electron chi connectivity index (χ2n) is 4.43. The van der Waals surface area contributed by atoms with E-state index in [0.29, 0.717) is 12.2 Å². The first kappa shape index (κ1) is 13.2. The molecule has 3 nitrogen and oxygen atoms in total. The Hall–Kier alpha value is -1.26. The number of ether oxygens (including phenoxy) is 2. The Kier molecular flexibility index (Phi) is 4.84. The van der Waals surface area contributed by atoms with Crippen LogP contribution in [0.4, 0.5) is 4.39 Å². The van der Waals surface area contributed by atoms with Gasteiger partial charge in [-0.1, -0.05) is 0 Å². The largest absolute Gasteiger partial charge is 0.376 e.